The number of furan rings is 1. The molecule has 0 aliphatic carbocycles. The zero-order valence-corrected chi connectivity index (χ0v) is 10.4. The predicted octanol–water partition coefficient (Wildman–Crippen LogP) is 2.85. The average molecular weight is 266 g/mol. The number of carboxylic acid groups (broad SMARTS) is 1. The lowest BCUT2D eigenvalue weighted by molar-refractivity contribution is 0.0660. The van der Waals surface area contributed by atoms with E-state index in [0.717, 1.165) is 10.9 Å². The number of hydrogen-bond donors (Lipinski definition) is 1. The van der Waals surface area contributed by atoms with Gasteiger partial charge in [0.1, 0.15) is 5.76 Å². The van der Waals surface area contributed by atoms with Crippen LogP contribution in [0.1, 0.15) is 21.9 Å². The number of fused-ring (bicyclic) bond motifs is 1. The predicted molar refractivity (Wildman–Crippen MR) is 71.4 cm³/mol. The largest absolute Gasteiger partial charge is 0.475 e. The van der Waals surface area contributed by atoms with Crippen LogP contribution in [0.3, 0.4) is 0 Å². The summed E-state index contributed by atoms with van der Waals surface area (Å²) in [5, 5.41) is 18.8. The maximum atomic E-state index is 10.8. The minimum atomic E-state index is -1.08. The van der Waals surface area contributed by atoms with E-state index in [4.69, 9.17) is 14.8 Å². The molecule has 0 aliphatic heterocycles. The number of carboxylic acids is 1. The van der Waals surface area contributed by atoms with Crippen molar-refractivity contribution in [2.24, 2.45) is 0 Å². The smallest absolute Gasteiger partial charge is 0.371 e. The molecule has 5 heteroatoms. The third kappa shape index (κ3) is 1.93. The molecular weight excluding hydrogens is 256 g/mol. The summed E-state index contributed by atoms with van der Waals surface area (Å²) in [5.41, 5.74) is 1.53. The number of hydrogen-bond acceptors (Lipinski definition) is 3. The van der Waals surface area contributed by atoms with Gasteiger partial charge in [0.2, 0.25) is 5.76 Å². The number of rotatable bonds is 3. The SMILES string of the molecule is N#Cc1cccc2c1ccn2Cc1ccc(C(=O)O)o1. The van der Waals surface area contributed by atoms with Gasteiger partial charge in [0, 0.05) is 17.1 Å². The van der Waals surface area contributed by atoms with Crippen LogP contribution >= 0.6 is 0 Å². The van der Waals surface area contributed by atoms with Crippen molar-refractivity contribution in [3.63, 3.8) is 0 Å². The maximum Gasteiger partial charge on any atom is 0.371 e. The molecule has 0 unspecified atom stereocenters. The minimum absolute atomic E-state index is 0.0748. The highest BCUT2D eigenvalue weighted by Crippen LogP contribution is 2.21. The average Bonchev–Trinajstić information content (AvgIpc) is 3.06. The lowest BCUT2D eigenvalue weighted by Gasteiger charge is -2.03. The number of benzene rings is 1. The molecule has 0 amide bonds. The Morgan fingerprint density at radius 1 is 1.30 bits per heavy atom. The van der Waals surface area contributed by atoms with Gasteiger partial charge in [-0.15, -0.1) is 0 Å². The quantitative estimate of drug-likeness (QED) is 0.790. The van der Waals surface area contributed by atoms with Crippen molar-refractivity contribution in [2.45, 2.75) is 6.54 Å². The summed E-state index contributed by atoms with van der Waals surface area (Å²) in [5.74, 6) is -0.600. The Labute approximate surface area is 114 Å². The molecule has 20 heavy (non-hydrogen) atoms. The van der Waals surface area contributed by atoms with Crippen LogP contribution in [0.25, 0.3) is 10.9 Å². The van der Waals surface area contributed by atoms with Crippen molar-refractivity contribution >= 4 is 16.9 Å². The Bertz CT molecular complexity index is 836. The first-order valence-electron chi connectivity index (χ1n) is 5.99. The van der Waals surface area contributed by atoms with E-state index in [-0.39, 0.29) is 5.76 Å². The zero-order chi connectivity index (χ0) is 14.1. The summed E-state index contributed by atoms with van der Waals surface area (Å²) in [6, 6.07) is 12.6. The third-order valence-corrected chi connectivity index (χ3v) is 3.13. The first-order chi connectivity index (χ1) is 9.69. The Kier molecular flexibility index (Phi) is 2.77. The molecule has 0 saturated carbocycles. The third-order valence-electron chi connectivity index (χ3n) is 3.13. The van der Waals surface area contributed by atoms with Gasteiger partial charge in [-0.25, -0.2) is 4.79 Å². The lowest BCUT2D eigenvalue weighted by atomic mass is 10.1. The molecule has 98 valence electrons. The highest BCUT2D eigenvalue weighted by Gasteiger charge is 2.11. The van der Waals surface area contributed by atoms with Crippen molar-refractivity contribution in [3.8, 4) is 6.07 Å². The van der Waals surface area contributed by atoms with E-state index in [0.29, 0.717) is 17.9 Å². The summed E-state index contributed by atoms with van der Waals surface area (Å²) >= 11 is 0. The minimum Gasteiger partial charge on any atom is -0.475 e. The highest BCUT2D eigenvalue weighted by molar-refractivity contribution is 5.86. The van der Waals surface area contributed by atoms with Crippen LogP contribution in [0, 0.1) is 11.3 Å². The molecule has 0 aliphatic rings. The monoisotopic (exact) mass is 266 g/mol. The second-order valence-corrected chi connectivity index (χ2v) is 4.36. The van der Waals surface area contributed by atoms with Crippen molar-refractivity contribution in [3.05, 3.63) is 59.7 Å². The van der Waals surface area contributed by atoms with Crippen molar-refractivity contribution in [1.82, 2.24) is 4.57 Å². The lowest BCUT2D eigenvalue weighted by Crippen LogP contribution is -1.97. The fraction of sp³-hybridized carbons (Fsp3) is 0.0667. The molecule has 0 spiro atoms. The second-order valence-electron chi connectivity index (χ2n) is 4.36. The Balaban J connectivity index is 1.99. The molecular formula is C15H10N2O3. The fourth-order valence-corrected chi connectivity index (χ4v) is 2.20. The molecule has 1 N–H and O–H groups in total. The zero-order valence-electron chi connectivity index (χ0n) is 10.4. The molecule has 3 aromatic rings. The molecule has 0 fully saturated rings. The van der Waals surface area contributed by atoms with Gasteiger partial charge in [-0.3, -0.25) is 0 Å². The molecule has 5 nitrogen and oxygen atoms in total. The van der Waals surface area contributed by atoms with Crippen molar-refractivity contribution < 1.29 is 14.3 Å². The standard InChI is InChI=1S/C15H10N2O3/c16-8-10-2-1-3-13-12(10)6-7-17(13)9-11-4-5-14(20-11)15(18)19/h1-7H,9H2,(H,18,19). The van der Waals surface area contributed by atoms with Crippen LogP contribution in [0.5, 0.6) is 0 Å². The van der Waals surface area contributed by atoms with Gasteiger partial charge in [-0.1, -0.05) is 6.07 Å². The van der Waals surface area contributed by atoms with Crippen LogP contribution in [0.15, 0.2) is 47.0 Å². The molecule has 0 radical (unpaired) electrons. The molecule has 0 atom stereocenters. The topological polar surface area (TPSA) is 79.2 Å². The highest BCUT2D eigenvalue weighted by atomic mass is 16.4. The molecule has 0 saturated heterocycles. The molecule has 0 bridgehead atoms. The first kappa shape index (κ1) is 12.1. The number of nitriles is 1. The van der Waals surface area contributed by atoms with Crippen molar-refractivity contribution in [2.75, 3.05) is 0 Å². The summed E-state index contributed by atoms with van der Waals surface area (Å²) < 4.78 is 7.16. The van der Waals surface area contributed by atoms with E-state index in [1.807, 2.05) is 29.0 Å². The van der Waals surface area contributed by atoms with Gasteiger partial charge in [0.15, 0.2) is 0 Å². The Morgan fingerprint density at radius 3 is 2.85 bits per heavy atom. The summed E-state index contributed by atoms with van der Waals surface area (Å²) in [4.78, 5) is 10.8. The van der Waals surface area contributed by atoms with Gasteiger partial charge < -0.3 is 14.1 Å². The molecule has 2 heterocycles. The maximum absolute atomic E-state index is 10.8. The van der Waals surface area contributed by atoms with Gasteiger partial charge in [0.05, 0.1) is 18.2 Å². The number of aromatic nitrogens is 1. The van der Waals surface area contributed by atoms with E-state index < -0.39 is 5.97 Å². The Hall–Kier alpha value is -3.00. The van der Waals surface area contributed by atoms with E-state index in [2.05, 4.69) is 6.07 Å². The van der Waals surface area contributed by atoms with Crippen LogP contribution in [-0.2, 0) is 6.54 Å². The molecule has 3 rings (SSSR count). The first-order valence-corrected chi connectivity index (χ1v) is 5.99. The van der Waals surface area contributed by atoms with Crippen LogP contribution in [0.2, 0.25) is 0 Å². The van der Waals surface area contributed by atoms with Gasteiger partial charge in [-0.05, 0) is 30.3 Å². The second kappa shape index (κ2) is 4.59. The van der Waals surface area contributed by atoms with E-state index in [1.54, 1.807) is 12.1 Å². The summed E-state index contributed by atoms with van der Waals surface area (Å²) in [6.45, 7) is 0.422. The van der Waals surface area contributed by atoms with Crippen LogP contribution in [-0.4, -0.2) is 15.6 Å². The summed E-state index contributed by atoms with van der Waals surface area (Å²) in [7, 11) is 0. The van der Waals surface area contributed by atoms with E-state index in [1.165, 1.54) is 6.07 Å². The normalized spacial score (nSPS) is 10.6. The van der Waals surface area contributed by atoms with Crippen molar-refractivity contribution in [1.29, 1.82) is 5.26 Å². The van der Waals surface area contributed by atoms with Crippen LogP contribution < -0.4 is 0 Å². The van der Waals surface area contributed by atoms with E-state index >= 15 is 0 Å². The number of nitrogens with zero attached hydrogens (tertiary/aromatic N) is 2. The number of aromatic carboxylic acids is 1. The Morgan fingerprint density at radius 2 is 2.15 bits per heavy atom. The van der Waals surface area contributed by atoms with Crippen LogP contribution in [0.4, 0.5) is 0 Å². The van der Waals surface area contributed by atoms with Gasteiger partial charge in [-0.2, -0.15) is 5.26 Å². The fourth-order valence-electron chi connectivity index (χ4n) is 2.20. The van der Waals surface area contributed by atoms with Gasteiger partial charge >= 0.3 is 5.97 Å². The summed E-state index contributed by atoms with van der Waals surface area (Å²) in [6.07, 6.45) is 1.86. The van der Waals surface area contributed by atoms with E-state index in [9.17, 15) is 4.79 Å². The number of carbonyl (C=O) groups is 1. The molecule has 1 aromatic carbocycles. The molecule has 2 aromatic heterocycles. The van der Waals surface area contributed by atoms with Gasteiger partial charge in [0.25, 0.3) is 0 Å².